The zero-order valence-electron chi connectivity index (χ0n) is 10.2. The van der Waals surface area contributed by atoms with Crippen LogP contribution in [0.4, 0.5) is 18.9 Å². The zero-order valence-corrected chi connectivity index (χ0v) is 10.2. The first-order valence-electron chi connectivity index (χ1n) is 5.32. The molecule has 1 unspecified atom stereocenters. The second-order valence-electron chi connectivity index (χ2n) is 3.92. The van der Waals surface area contributed by atoms with Crippen molar-refractivity contribution < 1.29 is 27.9 Å². The number of nitrogens with one attached hydrogen (secondary N) is 1. The van der Waals surface area contributed by atoms with E-state index in [-0.39, 0.29) is 5.69 Å². The Bertz CT molecular complexity index is 591. The number of carboxylic acid groups (broad SMARTS) is 1. The molecule has 0 aliphatic carbocycles. The third-order valence-corrected chi connectivity index (χ3v) is 2.48. The van der Waals surface area contributed by atoms with Gasteiger partial charge in [0.1, 0.15) is 5.92 Å². The Hall–Kier alpha value is -2.56. The van der Waals surface area contributed by atoms with Crippen molar-refractivity contribution in [3.05, 3.63) is 29.3 Å². The van der Waals surface area contributed by atoms with Gasteiger partial charge < -0.3 is 10.4 Å². The van der Waals surface area contributed by atoms with E-state index in [1.807, 2.05) is 0 Å². The molecule has 0 saturated carbocycles. The molecule has 8 heteroatoms. The predicted molar refractivity (Wildman–Crippen MR) is 61.6 cm³/mol. The number of benzene rings is 1. The molecule has 0 spiro atoms. The van der Waals surface area contributed by atoms with Gasteiger partial charge >= 0.3 is 12.1 Å². The first kappa shape index (κ1) is 15.5. The van der Waals surface area contributed by atoms with Gasteiger partial charge in [0.05, 0.1) is 17.2 Å². The van der Waals surface area contributed by atoms with Crippen molar-refractivity contribution in [2.24, 2.45) is 5.92 Å². The second kappa shape index (κ2) is 5.61. The highest BCUT2D eigenvalue weighted by atomic mass is 19.4. The number of rotatable bonds is 3. The summed E-state index contributed by atoms with van der Waals surface area (Å²) in [4.78, 5) is 22.0. The quantitative estimate of drug-likeness (QED) is 0.834. The van der Waals surface area contributed by atoms with Crippen LogP contribution in [0.1, 0.15) is 18.1 Å². The minimum Gasteiger partial charge on any atom is -0.481 e. The topological polar surface area (TPSA) is 90.2 Å². The molecule has 0 aliphatic heterocycles. The summed E-state index contributed by atoms with van der Waals surface area (Å²) in [5, 5.41) is 19.3. The fourth-order valence-electron chi connectivity index (χ4n) is 1.32. The SMILES string of the molecule is CC(C(=O)O)C(=O)Nc1ccc(C#N)c(C(F)(F)F)c1. The van der Waals surface area contributed by atoms with Crippen LogP contribution >= 0.6 is 0 Å². The van der Waals surface area contributed by atoms with Crippen LogP contribution in [0.5, 0.6) is 0 Å². The Morgan fingerprint density at radius 2 is 2.00 bits per heavy atom. The molecule has 1 aromatic carbocycles. The molecule has 1 amide bonds. The number of hydrogen-bond acceptors (Lipinski definition) is 3. The largest absolute Gasteiger partial charge is 0.481 e. The van der Waals surface area contributed by atoms with Crippen molar-refractivity contribution in [1.29, 1.82) is 5.26 Å². The molecule has 0 heterocycles. The minimum absolute atomic E-state index is 0.227. The third-order valence-electron chi connectivity index (χ3n) is 2.48. The standard InChI is InChI=1S/C12H9F3N2O3/c1-6(11(19)20)10(18)17-8-3-2-7(5-16)9(4-8)12(13,14)15/h2-4,6H,1H3,(H,17,18)(H,19,20). The van der Waals surface area contributed by atoms with Gasteiger partial charge in [-0.1, -0.05) is 0 Å². The fourth-order valence-corrected chi connectivity index (χ4v) is 1.32. The number of amides is 1. The van der Waals surface area contributed by atoms with E-state index in [9.17, 15) is 22.8 Å². The molecule has 0 aromatic heterocycles. The zero-order chi connectivity index (χ0) is 15.5. The van der Waals surface area contributed by atoms with Gasteiger partial charge in [-0.25, -0.2) is 0 Å². The molecule has 2 N–H and O–H groups in total. The molecule has 0 radical (unpaired) electrons. The Morgan fingerprint density at radius 1 is 1.40 bits per heavy atom. The summed E-state index contributed by atoms with van der Waals surface area (Å²) in [6, 6.07) is 3.99. The van der Waals surface area contributed by atoms with Crippen LogP contribution in [-0.2, 0) is 15.8 Å². The lowest BCUT2D eigenvalue weighted by Crippen LogP contribution is -2.27. The van der Waals surface area contributed by atoms with Crippen LogP contribution in [0.2, 0.25) is 0 Å². The van der Waals surface area contributed by atoms with Crippen LogP contribution in [0.15, 0.2) is 18.2 Å². The maximum absolute atomic E-state index is 12.7. The Labute approximate surface area is 111 Å². The van der Waals surface area contributed by atoms with Crippen molar-refractivity contribution in [3.63, 3.8) is 0 Å². The molecule has 1 atom stereocenters. The van der Waals surface area contributed by atoms with E-state index >= 15 is 0 Å². The van der Waals surface area contributed by atoms with E-state index in [0.717, 1.165) is 19.1 Å². The summed E-state index contributed by atoms with van der Waals surface area (Å²) in [5.41, 5.74) is -2.00. The smallest absolute Gasteiger partial charge is 0.417 e. The van der Waals surface area contributed by atoms with Gasteiger partial charge in [-0.3, -0.25) is 9.59 Å². The molecular weight excluding hydrogens is 277 g/mol. The average molecular weight is 286 g/mol. The molecule has 106 valence electrons. The van der Waals surface area contributed by atoms with Gasteiger partial charge in [-0.2, -0.15) is 18.4 Å². The van der Waals surface area contributed by atoms with Gasteiger partial charge in [0.25, 0.3) is 0 Å². The summed E-state index contributed by atoms with van der Waals surface area (Å²) in [6.45, 7) is 1.10. The van der Waals surface area contributed by atoms with Gasteiger partial charge in [-0.15, -0.1) is 0 Å². The summed E-state index contributed by atoms with van der Waals surface area (Å²) >= 11 is 0. The summed E-state index contributed by atoms with van der Waals surface area (Å²) in [7, 11) is 0. The van der Waals surface area contributed by atoms with Gasteiger partial charge in [0.15, 0.2) is 0 Å². The average Bonchev–Trinajstić information content (AvgIpc) is 2.36. The Kier molecular flexibility index (Phi) is 4.34. The number of carbonyl (C=O) groups is 2. The lowest BCUT2D eigenvalue weighted by molar-refractivity contribution is -0.144. The van der Waals surface area contributed by atoms with E-state index in [0.29, 0.717) is 6.07 Å². The summed E-state index contributed by atoms with van der Waals surface area (Å²) in [5.74, 6) is -3.75. The van der Waals surface area contributed by atoms with Crippen LogP contribution < -0.4 is 5.32 Å². The van der Waals surface area contributed by atoms with Crippen molar-refractivity contribution >= 4 is 17.6 Å². The molecule has 20 heavy (non-hydrogen) atoms. The number of carboxylic acids is 1. The first-order valence-corrected chi connectivity index (χ1v) is 5.32. The first-order chi connectivity index (χ1) is 9.16. The Morgan fingerprint density at radius 3 is 2.45 bits per heavy atom. The third kappa shape index (κ3) is 3.47. The van der Waals surface area contributed by atoms with E-state index in [4.69, 9.17) is 10.4 Å². The predicted octanol–water partition coefficient (Wildman–Crippen LogP) is 2.24. The van der Waals surface area contributed by atoms with Crippen molar-refractivity contribution in [2.45, 2.75) is 13.1 Å². The van der Waals surface area contributed by atoms with Crippen LogP contribution in [0.3, 0.4) is 0 Å². The molecule has 5 nitrogen and oxygen atoms in total. The molecule has 0 aliphatic rings. The number of alkyl halides is 3. The normalized spacial score (nSPS) is 12.3. The van der Waals surface area contributed by atoms with Crippen LogP contribution in [0.25, 0.3) is 0 Å². The number of carbonyl (C=O) groups excluding carboxylic acids is 1. The second-order valence-corrected chi connectivity index (χ2v) is 3.92. The summed E-state index contributed by atoms with van der Waals surface area (Å²) < 4.78 is 38.0. The summed E-state index contributed by atoms with van der Waals surface area (Å²) in [6.07, 6.45) is -4.75. The van der Waals surface area contributed by atoms with Gasteiger partial charge in [0.2, 0.25) is 5.91 Å². The maximum atomic E-state index is 12.7. The lowest BCUT2D eigenvalue weighted by Gasteiger charge is -2.12. The monoisotopic (exact) mass is 286 g/mol. The van der Waals surface area contributed by atoms with Crippen molar-refractivity contribution in [2.75, 3.05) is 5.32 Å². The highest BCUT2D eigenvalue weighted by Gasteiger charge is 2.34. The van der Waals surface area contributed by atoms with Gasteiger partial charge in [-0.05, 0) is 25.1 Å². The minimum atomic E-state index is -4.75. The highest BCUT2D eigenvalue weighted by Crippen LogP contribution is 2.33. The van der Waals surface area contributed by atoms with E-state index < -0.39 is 35.1 Å². The molecular formula is C12H9F3N2O3. The number of nitriles is 1. The highest BCUT2D eigenvalue weighted by molar-refractivity contribution is 6.03. The maximum Gasteiger partial charge on any atom is 0.417 e. The molecule has 1 aromatic rings. The van der Waals surface area contributed by atoms with Crippen molar-refractivity contribution in [1.82, 2.24) is 0 Å². The number of aliphatic carboxylic acids is 1. The number of halogens is 3. The van der Waals surface area contributed by atoms with E-state index in [1.165, 1.54) is 6.07 Å². The molecule has 1 rings (SSSR count). The molecule has 0 fully saturated rings. The van der Waals surface area contributed by atoms with Crippen LogP contribution in [-0.4, -0.2) is 17.0 Å². The fraction of sp³-hybridized carbons (Fsp3) is 0.250. The van der Waals surface area contributed by atoms with E-state index in [1.54, 1.807) is 0 Å². The van der Waals surface area contributed by atoms with Crippen LogP contribution in [0, 0.1) is 17.2 Å². The van der Waals surface area contributed by atoms with Crippen molar-refractivity contribution in [3.8, 4) is 6.07 Å². The molecule has 0 bridgehead atoms. The Balaban J connectivity index is 3.08. The lowest BCUT2D eigenvalue weighted by atomic mass is 10.1. The number of nitrogens with zero attached hydrogens (tertiary/aromatic N) is 1. The molecule has 0 saturated heterocycles. The van der Waals surface area contributed by atoms with E-state index in [2.05, 4.69) is 5.32 Å². The number of hydrogen-bond donors (Lipinski definition) is 2. The van der Waals surface area contributed by atoms with Gasteiger partial charge in [0, 0.05) is 5.69 Å². The number of anilines is 1.